The smallest absolute Gasteiger partial charge is 0.444 e. The van der Waals surface area contributed by atoms with Gasteiger partial charge in [-0.05, 0) is 63.8 Å². The van der Waals surface area contributed by atoms with Crippen LogP contribution in [0.4, 0.5) is 18.0 Å². The summed E-state index contributed by atoms with van der Waals surface area (Å²) in [4.78, 5) is 13.5. The molecule has 1 heterocycles. The fourth-order valence-corrected chi connectivity index (χ4v) is 3.89. The number of benzene rings is 1. The van der Waals surface area contributed by atoms with Crippen molar-refractivity contribution in [3.05, 3.63) is 24.3 Å². The highest BCUT2D eigenvalue weighted by atomic mass is 32.2. The maximum Gasteiger partial charge on any atom is 0.573 e. The van der Waals surface area contributed by atoms with Crippen molar-refractivity contribution < 1.29 is 35.9 Å². The Hall–Kier alpha value is -2.01. The molecule has 1 saturated heterocycles. The minimum Gasteiger partial charge on any atom is -0.444 e. The second-order valence-corrected chi connectivity index (χ2v) is 9.55. The van der Waals surface area contributed by atoms with Gasteiger partial charge in [-0.25, -0.2) is 17.9 Å². The number of likely N-dealkylation sites (tertiary alicyclic amines) is 1. The van der Waals surface area contributed by atoms with Gasteiger partial charge in [-0.15, -0.1) is 13.2 Å². The van der Waals surface area contributed by atoms with Crippen LogP contribution < -0.4 is 9.46 Å². The number of ether oxygens (including phenoxy) is 2. The molecule has 1 aromatic carbocycles. The summed E-state index contributed by atoms with van der Waals surface area (Å²) in [6.45, 7) is 6.46. The number of hydrogen-bond acceptors (Lipinski definition) is 5. The van der Waals surface area contributed by atoms with Crippen molar-refractivity contribution >= 4 is 16.1 Å². The quantitative estimate of drug-likeness (QED) is 0.761. The first-order valence-electron chi connectivity index (χ1n) is 9.08. The van der Waals surface area contributed by atoms with E-state index in [9.17, 15) is 26.4 Å². The van der Waals surface area contributed by atoms with Crippen LogP contribution >= 0.6 is 0 Å². The van der Waals surface area contributed by atoms with Crippen LogP contribution in [0.15, 0.2) is 29.2 Å². The molecular weight excluding hydrogens is 413 g/mol. The number of carbonyl (C=O) groups excluding carboxylic acids is 1. The lowest BCUT2D eigenvalue weighted by Crippen LogP contribution is -2.43. The largest absolute Gasteiger partial charge is 0.573 e. The summed E-state index contributed by atoms with van der Waals surface area (Å²) < 4.78 is 72.7. The molecule has 1 aliphatic rings. The Balaban J connectivity index is 1.84. The Bertz CT molecular complexity index is 796. The Morgan fingerprint density at radius 1 is 1.14 bits per heavy atom. The minimum atomic E-state index is -4.84. The van der Waals surface area contributed by atoms with Crippen LogP contribution in [0, 0.1) is 5.92 Å². The number of nitrogens with one attached hydrogen (secondary N) is 1. The van der Waals surface area contributed by atoms with Crippen molar-refractivity contribution in [1.29, 1.82) is 0 Å². The fourth-order valence-electron chi connectivity index (χ4n) is 2.78. The zero-order valence-electron chi connectivity index (χ0n) is 16.5. The number of halogens is 3. The van der Waals surface area contributed by atoms with Gasteiger partial charge in [0.2, 0.25) is 10.0 Å². The number of alkyl halides is 3. The van der Waals surface area contributed by atoms with Gasteiger partial charge in [-0.1, -0.05) is 0 Å². The van der Waals surface area contributed by atoms with Crippen LogP contribution in [-0.4, -0.2) is 51.0 Å². The molecule has 0 radical (unpaired) electrons. The van der Waals surface area contributed by atoms with Gasteiger partial charge >= 0.3 is 12.5 Å². The number of sulfonamides is 1. The SMILES string of the molecule is CC(C)(C)OC(=O)N1CCC(CNS(=O)(=O)c2ccc(OC(F)(F)F)cc2)CC1. The Kier molecular flexibility index (Phi) is 7.05. The molecule has 0 aromatic heterocycles. The van der Waals surface area contributed by atoms with Crippen LogP contribution in [0.25, 0.3) is 0 Å². The van der Waals surface area contributed by atoms with E-state index in [1.807, 2.05) is 0 Å². The number of nitrogens with zero attached hydrogens (tertiary/aromatic N) is 1. The van der Waals surface area contributed by atoms with Crippen LogP contribution in [0.3, 0.4) is 0 Å². The molecule has 1 amide bonds. The van der Waals surface area contributed by atoms with E-state index in [1.165, 1.54) is 0 Å². The number of rotatable bonds is 5. The molecule has 0 atom stereocenters. The Morgan fingerprint density at radius 3 is 2.17 bits per heavy atom. The van der Waals surface area contributed by atoms with Crippen molar-refractivity contribution in [1.82, 2.24) is 9.62 Å². The van der Waals surface area contributed by atoms with Crippen molar-refractivity contribution in [2.75, 3.05) is 19.6 Å². The highest BCUT2D eigenvalue weighted by Gasteiger charge is 2.31. The normalized spacial score (nSPS) is 16.6. The molecule has 11 heteroatoms. The number of hydrogen-bond donors (Lipinski definition) is 1. The third-order valence-electron chi connectivity index (χ3n) is 4.20. The van der Waals surface area contributed by atoms with Gasteiger partial charge in [-0.2, -0.15) is 0 Å². The molecule has 0 unspecified atom stereocenters. The number of carbonyl (C=O) groups is 1. The van der Waals surface area contributed by atoms with Gasteiger partial charge in [0.05, 0.1) is 4.90 Å². The third-order valence-corrected chi connectivity index (χ3v) is 5.64. The van der Waals surface area contributed by atoms with E-state index in [4.69, 9.17) is 4.74 Å². The van der Waals surface area contributed by atoms with Crippen molar-refractivity contribution in [3.8, 4) is 5.75 Å². The molecule has 0 saturated carbocycles. The van der Waals surface area contributed by atoms with Crippen molar-refractivity contribution in [3.63, 3.8) is 0 Å². The van der Waals surface area contributed by atoms with Crippen LogP contribution in [-0.2, 0) is 14.8 Å². The van der Waals surface area contributed by atoms with Gasteiger partial charge in [0.15, 0.2) is 0 Å². The number of piperidine rings is 1. The zero-order valence-corrected chi connectivity index (χ0v) is 17.3. The van der Waals surface area contributed by atoms with Crippen LogP contribution in [0.2, 0.25) is 0 Å². The summed E-state index contributed by atoms with van der Waals surface area (Å²) in [7, 11) is -3.87. The summed E-state index contributed by atoms with van der Waals surface area (Å²) >= 11 is 0. The van der Waals surface area contributed by atoms with E-state index in [0.717, 1.165) is 24.3 Å². The minimum absolute atomic E-state index is 0.0382. The topological polar surface area (TPSA) is 84.9 Å². The zero-order chi connectivity index (χ0) is 21.9. The first-order chi connectivity index (χ1) is 13.3. The molecule has 1 fully saturated rings. The standard InChI is InChI=1S/C18H25F3N2O5S/c1-17(2,3)28-16(24)23-10-8-13(9-11-23)12-22-29(25,26)15-6-4-14(5-7-15)27-18(19,20)21/h4-7,13,22H,8-12H2,1-3H3. The van der Waals surface area contributed by atoms with Gasteiger partial charge in [0, 0.05) is 19.6 Å². The molecule has 1 aliphatic heterocycles. The first-order valence-corrected chi connectivity index (χ1v) is 10.6. The van der Waals surface area contributed by atoms with E-state index in [-0.39, 0.29) is 17.4 Å². The third kappa shape index (κ3) is 7.73. The summed E-state index contributed by atoms with van der Waals surface area (Å²) in [5, 5.41) is 0. The maximum atomic E-state index is 12.3. The second kappa shape index (κ2) is 8.78. The van der Waals surface area contributed by atoms with Gasteiger partial charge in [0.25, 0.3) is 0 Å². The molecule has 7 nitrogen and oxygen atoms in total. The van der Waals surface area contributed by atoms with Gasteiger partial charge in [0.1, 0.15) is 11.4 Å². The van der Waals surface area contributed by atoms with E-state index in [0.29, 0.717) is 25.9 Å². The first kappa shape index (κ1) is 23.3. The van der Waals surface area contributed by atoms with Crippen molar-refractivity contribution in [2.24, 2.45) is 5.92 Å². The highest BCUT2D eigenvalue weighted by Crippen LogP contribution is 2.24. The average Bonchev–Trinajstić information content (AvgIpc) is 2.58. The van der Waals surface area contributed by atoms with Crippen LogP contribution in [0.5, 0.6) is 5.75 Å². The molecule has 0 spiro atoms. The molecule has 0 bridgehead atoms. The van der Waals surface area contributed by atoms with E-state index >= 15 is 0 Å². The molecule has 29 heavy (non-hydrogen) atoms. The molecule has 0 aliphatic carbocycles. The monoisotopic (exact) mass is 438 g/mol. The Labute approximate surface area is 168 Å². The predicted octanol–water partition coefficient (Wildman–Crippen LogP) is 3.51. The summed E-state index contributed by atoms with van der Waals surface area (Å²) in [6.07, 6.45) is -4.01. The van der Waals surface area contributed by atoms with E-state index < -0.39 is 33.8 Å². The maximum absolute atomic E-state index is 12.3. The summed E-state index contributed by atoms with van der Waals surface area (Å²) in [6, 6.07) is 3.99. The lowest BCUT2D eigenvalue weighted by molar-refractivity contribution is -0.274. The summed E-state index contributed by atoms with van der Waals surface area (Å²) in [5.41, 5.74) is -0.579. The predicted molar refractivity (Wildman–Crippen MR) is 98.8 cm³/mol. The highest BCUT2D eigenvalue weighted by molar-refractivity contribution is 7.89. The average molecular weight is 438 g/mol. The molecule has 164 valence electrons. The van der Waals surface area contributed by atoms with Gasteiger partial charge in [-0.3, -0.25) is 0 Å². The molecular formula is C18H25F3N2O5S. The molecule has 1 aromatic rings. The van der Waals surface area contributed by atoms with E-state index in [1.54, 1.807) is 25.7 Å². The number of amides is 1. The lowest BCUT2D eigenvalue weighted by Gasteiger charge is -2.33. The summed E-state index contributed by atoms with van der Waals surface area (Å²) in [5.74, 6) is -0.456. The molecule has 2 rings (SSSR count). The molecule has 1 N–H and O–H groups in total. The van der Waals surface area contributed by atoms with E-state index in [2.05, 4.69) is 9.46 Å². The van der Waals surface area contributed by atoms with Crippen LogP contribution in [0.1, 0.15) is 33.6 Å². The lowest BCUT2D eigenvalue weighted by atomic mass is 9.97. The van der Waals surface area contributed by atoms with Crippen molar-refractivity contribution in [2.45, 2.75) is 50.5 Å². The second-order valence-electron chi connectivity index (χ2n) is 7.78. The Morgan fingerprint density at radius 2 is 1.69 bits per heavy atom. The fraction of sp³-hybridized carbons (Fsp3) is 0.611. The van der Waals surface area contributed by atoms with Gasteiger partial charge < -0.3 is 14.4 Å².